The molecule has 4 aliphatic carbocycles. The zero-order valence-electron chi connectivity index (χ0n) is 15.8. The summed E-state index contributed by atoms with van der Waals surface area (Å²) in [6.07, 6.45) is 5.44. The van der Waals surface area contributed by atoms with E-state index in [1.807, 2.05) is 32.0 Å². The Balaban J connectivity index is 1.40. The van der Waals surface area contributed by atoms with Crippen LogP contribution in [0.3, 0.4) is 0 Å². The molecule has 1 aliphatic heterocycles. The fourth-order valence-electron chi connectivity index (χ4n) is 5.72. The van der Waals surface area contributed by atoms with Crippen LogP contribution < -0.4 is 5.32 Å². The summed E-state index contributed by atoms with van der Waals surface area (Å²) < 4.78 is 0. The predicted octanol–water partition coefficient (Wildman–Crippen LogP) is 2.68. The number of allylic oxidation sites excluding steroid dienone is 2. The van der Waals surface area contributed by atoms with Gasteiger partial charge in [-0.05, 0) is 62.0 Å². The van der Waals surface area contributed by atoms with Crippen molar-refractivity contribution < 1.29 is 14.4 Å². The van der Waals surface area contributed by atoms with Gasteiger partial charge in [-0.2, -0.15) is 0 Å². The van der Waals surface area contributed by atoms with Gasteiger partial charge in [-0.1, -0.05) is 30.4 Å². The Hall–Kier alpha value is -2.43. The molecule has 2 saturated carbocycles. The topological polar surface area (TPSA) is 66.5 Å². The second-order valence-electron chi connectivity index (χ2n) is 8.63. The zero-order valence-corrected chi connectivity index (χ0v) is 15.8. The Bertz CT molecular complexity index is 849. The van der Waals surface area contributed by atoms with E-state index in [2.05, 4.69) is 17.5 Å². The zero-order chi connectivity index (χ0) is 19.0. The summed E-state index contributed by atoms with van der Waals surface area (Å²) in [5.74, 6) is 0.364. The highest BCUT2D eigenvalue weighted by molar-refractivity contribution is 6.10. The van der Waals surface area contributed by atoms with E-state index >= 15 is 0 Å². The number of likely N-dealkylation sites (tertiary alicyclic amines) is 1. The van der Waals surface area contributed by atoms with Gasteiger partial charge in [0.2, 0.25) is 17.7 Å². The number of rotatable bonds is 3. The molecule has 7 atom stereocenters. The molecule has 1 saturated heterocycles. The van der Waals surface area contributed by atoms with Gasteiger partial charge in [-0.15, -0.1) is 0 Å². The molecular formula is C22H24N2O3. The largest absolute Gasteiger partial charge is 0.324 e. The van der Waals surface area contributed by atoms with Crippen molar-refractivity contribution in [3.8, 4) is 0 Å². The lowest BCUT2D eigenvalue weighted by atomic mass is 9.63. The highest BCUT2D eigenvalue weighted by atomic mass is 16.2. The fraction of sp³-hybridized carbons (Fsp3) is 0.500. The molecule has 3 fully saturated rings. The molecule has 0 spiro atoms. The average molecular weight is 364 g/mol. The van der Waals surface area contributed by atoms with E-state index in [-0.39, 0.29) is 41.4 Å². The van der Waals surface area contributed by atoms with Gasteiger partial charge in [0.15, 0.2) is 0 Å². The summed E-state index contributed by atoms with van der Waals surface area (Å²) in [6.45, 7) is 5.53. The summed E-state index contributed by atoms with van der Waals surface area (Å²) in [7, 11) is 0. The number of carbonyl (C=O) groups is 3. The maximum Gasteiger partial charge on any atom is 0.247 e. The molecule has 3 amide bonds. The maximum absolute atomic E-state index is 13.1. The van der Waals surface area contributed by atoms with Gasteiger partial charge in [-0.25, -0.2) is 0 Å². The van der Waals surface area contributed by atoms with Crippen molar-refractivity contribution in [3.63, 3.8) is 0 Å². The Labute approximate surface area is 158 Å². The molecule has 0 radical (unpaired) electrons. The first-order valence-corrected chi connectivity index (χ1v) is 9.82. The van der Waals surface area contributed by atoms with E-state index in [4.69, 9.17) is 0 Å². The molecule has 5 nitrogen and oxygen atoms in total. The molecule has 2 bridgehead atoms. The number of anilines is 1. The third kappa shape index (κ3) is 2.20. The summed E-state index contributed by atoms with van der Waals surface area (Å²) in [5.41, 5.74) is 2.69. The van der Waals surface area contributed by atoms with Crippen LogP contribution in [-0.4, -0.2) is 28.7 Å². The highest BCUT2D eigenvalue weighted by Gasteiger charge is 2.67. The minimum Gasteiger partial charge on any atom is -0.324 e. The van der Waals surface area contributed by atoms with Gasteiger partial charge in [0.25, 0.3) is 0 Å². The van der Waals surface area contributed by atoms with Crippen LogP contribution in [0.5, 0.6) is 0 Å². The van der Waals surface area contributed by atoms with Crippen LogP contribution in [0, 0.1) is 49.4 Å². The Morgan fingerprint density at radius 1 is 1.04 bits per heavy atom. The van der Waals surface area contributed by atoms with Crippen LogP contribution in [0.2, 0.25) is 0 Å². The summed E-state index contributed by atoms with van der Waals surface area (Å²) >= 11 is 0. The number of aryl methyl sites for hydroxylation is 2. The van der Waals surface area contributed by atoms with E-state index in [1.165, 1.54) is 4.90 Å². The van der Waals surface area contributed by atoms with Crippen LogP contribution in [0.25, 0.3) is 0 Å². The predicted molar refractivity (Wildman–Crippen MR) is 101 cm³/mol. The van der Waals surface area contributed by atoms with Crippen LogP contribution in [0.4, 0.5) is 5.69 Å². The smallest absolute Gasteiger partial charge is 0.247 e. The first-order chi connectivity index (χ1) is 12.9. The van der Waals surface area contributed by atoms with Crippen molar-refractivity contribution >= 4 is 23.4 Å². The Kier molecular flexibility index (Phi) is 3.43. The highest BCUT2D eigenvalue weighted by Crippen LogP contribution is 2.65. The summed E-state index contributed by atoms with van der Waals surface area (Å²) in [4.78, 5) is 40.4. The van der Waals surface area contributed by atoms with Gasteiger partial charge >= 0.3 is 0 Å². The molecule has 1 heterocycles. The number of para-hydroxylation sites is 1. The number of nitrogens with zero attached hydrogens (tertiary/aromatic N) is 1. The molecule has 6 rings (SSSR count). The lowest BCUT2D eigenvalue weighted by Crippen LogP contribution is -2.46. The molecule has 1 aromatic rings. The van der Waals surface area contributed by atoms with E-state index in [0.717, 1.165) is 23.2 Å². The first kappa shape index (κ1) is 16.7. The lowest BCUT2D eigenvalue weighted by Gasteiger charge is -2.37. The molecule has 140 valence electrons. The van der Waals surface area contributed by atoms with Gasteiger partial charge in [0.05, 0.1) is 11.8 Å². The average Bonchev–Trinajstić information content (AvgIpc) is 3.42. The normalized spacial score (nSPS) is 36.5. The molecule has 5 heteroatoms. The van der Waals surface area contributed by atoms with Crippen molar-refractivity contribution in [2.45, 2.75) is 33.2 Å². The second-order valence-corrected chi connectivity index (χ2v) is 8.63. The molecular weight excluding hydrogens is 340 g/mol. The first-order valence-electron chi connectivity index (χ1n) is 9.82. The molecule has 1 N–H and O–H groups in total. The number of imide groups is 1. The van der Waals surface area contributed by atoms with Gasteiger partial charge < -0.3 is 5.32 Å². The number of nitrogens with one attached hydrogen (secondary N) is 1. The number of benzene rings is 1. The Morgan fingerprint density at radius 2 is 1.56 bits per heavy atom. The SMILES string of the molecule is Cc1cccc(C)c1NC(=O)C(C)N1C(=O)C2C3C=CC(C4CC34)C2C1=O. The minimum absolute atomic E-state index is 0.154. The third-order valence-electron chi connectivity index (χ3n) is 7.19. The lowest BCUT2D eigenvalue weighted by molar-refractivity contribution is -0.146. The van der Waals surface area contributed by atoms with E-state index in [0.29, 0.717) is 11.8 Å². The molecule has 1 aromatic carbocycles. The monoisotopic (exact) mass is 364 g/mol. The van der Waals surface area contributed by atoms with Crippen LogP contribution in [0.15, 0.2) is 30.4 Å². The van der Waals surface area contributed by atoms with Crippen LogP contribution in [-0.2, 0) is 14.4 Å². The third-order valence-corrected chi connectivity index (χ3v) is 7.19. The van der Waals surface area contributed by atoms with Gasteiger partial charge in [0, 0.05) is 5.69 Å². The van der Waals surface area contributed by atoms with Crippen molar-refractivity contribution in [3.05, 3.63) is 41.5 Å². The number of hydrogen-bond acceptors (Lipinski definition) is 3. The van der Waals surface area contributed by atoms with E-state index in [1.54, 1.807) is 6.92 Å². The van der Waals surface area contributed by atoms with E-state index in [9.17, 15) is 14.4 Å². The fourth-order valence-corrected chi connectivity index (χ4v) is 5.72. The Morgan fingerprint density at radius 3 is 2.07 bits per heavy atom. The molecule has 7 unspecified atom stereocenters. The molecule has 0 aromatic heterocycles. The van der Waals surface area contributed by atoms with Gasteiger partial charge in [0.1, 0.15) is 6.04 Å². The molecule has 5 aliphatic rings. The summed E-state index contributed by atoms with van der Waals surface area (Å²) in [5, 5.41) is 2.93. The van der Waals surface area contributed by atoms with Crippen molar-refractivity contribution in [2.75, 3.05) is 5.32 Å². The number of hydrogen-bond donors (Lipinski definition) is 1. The van der Waals surface area contributed by atoms with Crippen molar-refractivity contribution in [1.29, 1.82) is 0 Å². The van der Waals surface area contributed by atoms with Crippen molar-refractivity contribution in [2.24, 2.45) is 35.5 Å². The van der Waals surface area contributed by atoms with E-state index < -0.39 is 6.04 Å². The van der Waals surface area contributed by atoms with Gasteiger partial charge in [-0.3, -0.25) is 19.3 Å². The van der Waals surface area contributed by atoms with Crippen molar-refractivity contribution in [1.82, 2.24) is 4.90 Å². The number of amides is 3. The number of carbonyl (C=O) groups excluding carboxylic acids is 3. The minimum atomic E-state index is -0.801. The molecule has 27 heavy (non-hydrogen) atoms. The standard InChI is InChI=1S/C22H24N2O3/c1-10-5-4-6-11(2)19(10)23-20(25)12(3)24-21(26)17-13-7-8-14(16-9-15(13)16)18(17)22(24)27/h4-8,12-18H,9H2,1-3H3,(H,23,25). The maximum atomic E-state index is 13.1. The summed E-state index contributed by atoms with van der Waals surface area (Å²) in [6, 6.07) is 5.01. The van der Waals surface area contributed by atoms with Crippen LogP contribution >= 0.6 is 0 Å². The quantitative estimate of drug-likeness (QED) is 0.662. The second kappa shape index (κ2) is 5.54. The van der Waals surface area contributed by atoms with Crippen LogP contribution in [0.1, 0.15) is 24.5 Å².